The Bertz CT molecular complexity index is 700. The summed E-state index contributed by atoms with van der Waals surface area (Å²) in [5.41, 5.74) is 2.19. The van der Waals surface area contributed by atoms with Gasteiger partial charge in [0.25, 0.3) is 0 Å². The van der Waals surface area contributed by atoms with Gasteiger partial charge in [-0.05, 0) is 38.1 Å². The van der Waals surface area contributed by atoms with Crippen LogP contribution in [0.1, 0.15) is 37.5 Å². The van der Waals surface area contributed by atoms with Crippen LogP contribution in [0.15, 0.2) is 47.1 Å². The lowest BCUT2D eigenvalue weighted by molar-refractivity contribution is 0.393. The molecule has 0 fully saturated rings. The van der Waals surface area contributed by atoms with Crippen molar-refractivity contribution < 1.29 is 4.42 Å². The van der Waals surface area contributed by atoms with Crippen LogP contribution in [0.25, 0.3) is 11.0 Å². The molecular formula is C16H19N3O. The summed E-state index contributed by atoms with van der Waals surface area (Å²) in [4.78, 5) is 4.72. The van der Waals surface area contributed by atoms with Crippen LogP contribution in [0.3, 0.4) is 0 Å². The van der Waals surface area contributed by atoms with Crippen molar-refractivity contribution in [2.24, 2.45) is 7.05 Å². The second-order valence-electron chi connectivity index (χ2n) is 5.14. The molecule has 1 unspecified atom stereocenters. The van der Waals surface area contributed by atoms with Crippen molar-refractivity contribution in [1.82, 2.24) is 14.9 Å². The van der Waals surface area contributed by atoms with Crippen molar-refractivity contribution in [3.05, 3.63) is 54.2 Å². The molecule has 0 saturated heterocycles. The molecule has 3 rings (SSSR count). The van der Waals surface area contributed by atoms with Crippen molar-refractivity contribution in [2.45, 2.75) is 25.9 Å². The number of nitrogens with zero attached hydrogens (tertiary/aromatic N) is 2. The van der Waals surface area contributed by atoms with Crippen molar-refractivity contribution in [2.75, 3.05) is 0 Å². The minimum absolute atomic E-state index is 0.146. The van der Waals surface area contributed by atoms with E-state index in [0.717, 1.165) is 22.6 Å². The minimum Gasteiger partial charge on any atom is -0.468 e. The highest BCUT2D eigenvalue weighted by Gasteiger charge is 2.17. The highest BCUT2D eigenvalue weighted by atomic mass is 16.3. The summed E-state index contributed by atoms with van der Waals surface area (Å²) in [6.07, 6.45) is 1.70. The van der Waals surface area contributed by atoms with Crippen molar-refractivity contribution >= 4 is 11.0 Å². The fourth-order valence-corrected chi connectivity index (χ4v) is 2.62. The van der Waals surface area contributed by atoms with E-state index in [0.29, 0.717) is 0 Å². The van der Waals surface area contributed by atoms with Gasteiger partial charge in [-0.15, -0.1) is 0 Å². The molecule has 2 aromatic heterocycles. The van der Waals surface area contributed by atoms with E-state index in [1.54, 1.807) is 6.26 Å². The smallest absolute Gasteiger partial charge is 0.126 e. The van der Waals surface area contributed by atoms with Crippen molar-refractivity contribution in [3.8, 4) is 0 Å². The van der Waals surface area contributed by atoms with E-state index in [2.05, 4.69) is 36.8 Å². The van der Waals surface area contributed by atoms with Gasteiger partial charge in [-0.25, -0.2) is 4.98 Å². The fraction of sp³-hybridized carbons (Fsp3) is 0.312. The summed E-state index contributed by atoms with van der Waals surface area (Å²) in [6, 6.07) is 12.4. The van der Waals surface area contributed by atoms with Gasteiger partial charge in [0.2, 0.25) is 0 Å². The normalized spacial score (nSPS) is 14.6. The van der Waals surface area contributed by atoms with Gasteiger partial charge in [0.15, 0.2) is 0 Å². The Morgan fingerprint density at radius 2 is 1.90 bits per heavy atom. The Balaban J connectivity index is 1.85. The molecule has 2 heterocycles. The second-order valence-corrected chi connectivity index (χ2v) is 5.14. The Labute approximate surface area is 118 Å². The van der Waals surface area contributed by atoms with Crippen LogP contribution in [0.5, 0.6) is 0 Å². The van der Waals surface area contributed by atoms with Crippen molar-refractivity contribution in [1.29, 1.82) is 0 Å². The molecule has 1 aromatic carbocycles. The van der Waals surface area contributed by atoms with Crippen LogP contribution in [0.2, 0.25) is 0 Å². The minimum atomic E-state index is 0.146. The number of rotatable bonds is 4. The molecule has 2 atom stereocenters. The van der Waals surface area contributed by atoms with Crippen molar-refractivity contribution in [3.63, 3.8) is 0 Å². The molecule has 4 nitrogen and oxygen atoms in total. The van der Waals surface area contributed by atoms with Gasteiger partial charge >= 0.3 is 0 Å². The first-order valence-electron chi connectivity index (χ1n) is 6.87. The Morgan fingerprint density at radius 1 is 1.10 bits per heavy atom. The van der Waals surface area contributed by atoms with E-state index in [1.165, 1.54) is 0 Å². The molecule has 4 heteroatoms. The zero-order valence-electron chi connectivity index (χ0n) is 12.0. The molecule has 0 saturated carbocycles. The summed E-state index contributed by atoms with van der Waals surface area (Å²) >= 11 is 0. The average molecular weight is 269 g/mol. The standard InChI is InChI=1S/C16H19N3O/c1-11(15-9-6-10-20-15)17-12(2)16-18-13-7-4-5-8-14(13)19(16)3/h4-12,17H,1-3H3/t11-,12?/m1/s1. The summed E-state index contributed by atoms with van der Waals surface area (Å²) in [6.45, 7) is 4.22. The van der Waals surface area contributed by atoms with Crippen LogP contribution in [0, 0.1) is 0 Å². The number of aryl methyl sites for hydroxylation is 1. The molecule has 104 valence electrons. The zero-order valence-corrected chi connectivity index (χ0v) is 12.0. The first-order valence-corrected chi connectivity index (χ1v) is 6.87. The van der Waals surface area contributed by atoms with E-state index in [1.807, 2.05) is 30.3 Å². The number of benzene rings is 1. The number of hydrogen-bond donors (Lipinski definition) is 1. The molecule has 0 spiro atoms. The number of hydrogen-bond acceptors (Lipinski definition) is 3. The molecule has 0 aliphatic carbocycles. The molecular weight excluding hydrogens is 250 g/mol. The highest BCUT2D eigenvalue weighted by Crippen LogP contribution is 2.22. The number of furan rings is 1. The maximum absolute atomic E-state index is 5.43. The second kappa shape index (κ2) is 5.13. The van der Waals surface area contributed by atoms with E-state index >= 15 is 0 Å². The van der Waals surface area contributed by atoms with Gasteiger partial charge < -0.3 is 8.98 Å². The molecule has 0 radical (unpaired) electrons. The van der Waals surface area contributed by atoms with E-state index in [9.17, 15) is 0 Å². The first kappa shape index (κ1) is 12.9. The molecule has 0 aliphatic rings. The maximum atomic E-state index is 5.43. The van der Waals surface area contributed by atoms with Gasteiger partial charge in [-0.1, -0.05) is 12.1 Å². The molecule has 0 bridgehead atoms. The third-order valence-corrected chi connectivity index (χ3v) is 3.68. The molecule has 1 N–H and O–H groups in total. The van der Waals surface area contributed by atoms with Crippen LogP contribution in [0.4, 0.5) is 0 Å². The summed E-state index contributed by atoms with van der Waals surface area (Å²) in [7, 11) is 2.06. The molecule has 3 aromatic rings. The monoisotopic (exact) mass is 269 g/mol. The van der Waals surface area contributed by atoms with Gasteiger partial charge in [-0.3, -0.25) is 5.32 Å². The lowest BCUT2D eigenvalue weighted by Gasteiger charge is -2.18. The predicted octanol–water partition coefficient (Wildman–Crippen LogP) is 3.58. The quantitative estimate of drug-likeness (QED) is 0.787. The molecule has 0 aliphatic heterocycles. The number of imidazole rings is 1. The van der Waals surface area contributed by atoms with Gasteiger partial charge in [0, 0.05) is 7.05 Å². The zero-order chi connectivity index (χ0) is 14.1. The lowest BCUT2D eigenvalue weighted by Crippen LogP contribution is -2.24. The third-order valence-electron chi connectivity index (χ3n) is 3.68. The number of fused-ring (bicyclic) bond motifs is 1. The Hall–Kier alpha value is -2.07. The van der Waals surface area contributed by atoms with E-state index in [-0.39, 0.29) is 12.1 Å². The van der Waals surface area contributed by atoms with Crippen LogP contribution in [-0.4, -0.2) is 9.55 Å². The summed E-state index contributed by atoms with van der Waals surface area (Å²) in [5.74, 6) is 1.97. The predicted molar refractivity (Wildman–Crippen MR) is 79.4 cm³/mol. The number of para-hydroxylation sites is 2. The van der Waals surface area contributed by atoms with Crippen LogP contribution in [-0.2, 0) is 7.05 Å². The van der Waals surface area contributed by atoms with Gasteiger partial charge in [0.1, 0.15) is 11.6 Å². The molecule has 0 amide bonds. The maximum Gasteiger partial charge on any atom is 0.126 e. The van der Waals surface area contributed by atoms with E-state index in [4.69, 9.17) is 9.40 Å². The van der Waals surface area contributed by atoms with Gasteiger partial charge in [0.05, 0.1) is 29.4 Å². The largest absolute Gasteiger partial charge is 0.468 e. The summed E-state index contributed by atoms with van der Waals surface area (Å²) < 4.78 is 7.57. The third kappa shape index (κ3) is 2.23. The lowest BCUT2D eigenvalue weighted by atomic mass is 10.2. The fourth-order valence-electron chi connectivity index (χ4n) is 2.62. The Kier molecular flexibility index (Phi) is 3.32. The van der Waals surface area contributed by atoms with Gasteiger partial charge in [-0.2, -0.15) is 0 Å². The molecule has 20 heavy (non-hydrogen) atoms. The highest BCUT2D eigenvalue weighted by molar-refractivity contribution is 5.75. The average Bonchev–Trinajstić information content (AvgIpc) is 3.07. The first-order chi connectivity index (χ1) is 9.66. The van der Waals surface area contributed by atoms with Crippen LogP contribution < -0.4 is 5.32 Å². The topological polar surface area (TPSA) is 43.0 Å². The Morgan fingerprint density at radius 3 is 2.60 bits per heavy atom. The SMILES string of the molecule is CC(N[C@H](C)c1ccco1)c1nc2ccccc2n1C. The van der Waals surface area contributed by atoms with E-state index < -0.39 is 0 Å². The number of aromatic nitrogens is 2. The summed E-state index contributed by atoms with van der Waals surface area (Å²) in [5, 5.41) is 3.52. The number of nitrogens with one attached hydrogen (secondary N) is 1. The van der Waals surface area contributed by atoms with Crippen LogP contribution >= 0.6 is 0 Å².